The van der Waals surface area contributed by atoms with Crippen LogP contribution < -0.4 is 10.5 Å². The predicted octanol–water partition coefficient (Wildman–Crippen LogP) is 2.79. The molecule has 4 heteroatoms. The first-order valence-electron chi connectivity index (χ1n) is 4.72. The molecule has 0 bridgehead atoms. The summed E-state index contributed by atoms with van der Waals surface area (Å²) in [6.45, 7) is 2.56. The highest BCUT2D eigenvalue weighted by atomic mass is 32.1. The van der Waals surface area contributed by atoms with Crippen molar-refractivity contribution in [2.24, 2.45) is 0 Å². The molecule has 0 radical (unpaired) electrons. The van der Waals surface area contributed by atoms with Crippen LogP contribution in [0.5, 0.6) is 5.75 Å². The topological polar surface area (TPSA) is 48.1 Å². The third-order valence-corrected chi connectivity index (χ3v) is 2.62. The molecule has 0 aliphatic rings. The zero-order valence-corrected chi connectivity index (χ0v) is 9.25. The van der Waals surface area contributed by atoms with Gasteiger partial charge in [0.1, 0.15) is 5.75 Å². The van der Waals surface area contributed by atoms with Gasteiger partial charge in [0.05, 0.1) is 23.5 Å². The van der Waals surface area contributed by atoms with Crippen LogP contribution in [0.25, 0.3) is 11.3 Å². The Labute approximate surface area is 92.5 Å². The van der Waals surface area contributed by atoms with Crippen molar-refractivity contribution >= 4 is 17.0 Å². The molecule has 0 aliphatic heterocycles. The molecular weight excluding hydrogens is 208 g/mol. The van der Waals surface area contributed by atoms with Crippen molar-refractivity contribution in [3.63, 3.8) is 0 Å². The Morgan fingerprint density at radius 1 is 1.47 bits per heavy atom. The Morgan fingerprint density at radius 3 is 2.93 bits per heavy atom. The van der Waals surface area contributed by atoms with Gasteiger partial charge in [-0.25, -0.2) is 4.98 Å². The standard InChI is InChI=1S/C11H12N2OS/c1-2-14-11-4-3-8(5-9(11)12)10-6-15-7-13-10/h3-7H,2,12H2,1H3. The highest BCUT2D eigenvalue weighted by Crippen LogP contribution is 2.28. The van der Waals surface area contributed by atoms with Gasteiger partial charge in [-0.2, -0.15) is 0 Å². The highest BCUT2D eigenvalue weighted by molar-refractivity contribution is 7.07. The SMILES string of the molecule is CCOc1ccc(-c2cscn2)cc1N. The normalized spacial score (nSPS) is 10.2. The Morgan fingerprint density at radius 2 is 2.33 bits per heavy atom. The molecule has 0 fully saturated rings. The van der Waals surface area contributed by atoms with Gasteiger partial charge in [0, 0.05) is 10.9 Å². The number of thiazole rings is 1. The average Bonchev–Trinajstić information content (AvgIpc) is 2.74. The van der Waals surface area contributed by atoms with E-state index in [9.17, 15) is 0 Å². The second-order valence-corrected chi connectivity index (χ2v) is 3.78. The van der Waals surface area contributed by atoms with Crippen LogP contribution in [0.1, 0.15) is 6.92 Å². The molecule has 0 aliphatic carbocycles. The van der Waals surface area contributed by atoms with E-state index in [1.165, 1.54) is 0 Å². The van der Waals surface area contributed by atoms with Crippen molar-refractivity contribution in [1.82, 2.24) is 4.98 Å². The molecule has 3 nitrogen and oxygen atoms in total. The fraction of sp³-hybridized carbons (Fsp3) is 0.182. The maximum absolute atomic E-state index is 5.86. The summed E-state index contributed by atoms with van der Waals surface area (Å²) in [6, 6.07) is 5.74. The van der Waals surface area contributed by atoms with E-state index in [1.807, 2.05) is 36.0 Å². The van der Waals surface area contributed by atoms with E-state index >= 15 is 0 Å². The van der Waals surface area contributed by atoms with Crippen molar-refractivity contribution in [2.75, 3.05) is 12.3 Å². The molecule has 0 amide bonds. The zero-order chi connectivity index (χ0) is 10.7. The van der Waals surface area contributed by atoms with Gasteiger partial charge < -0.3 is 10.5 Å². The fourth-order valence-corrected chi connectivity index (χ4v) is 1.91. The summed E-state index contributed by atoms with van der Waals surface area (Å²) in [5, 5.41) is 2.00. The van der Waals surface area contributed by atoms with Crippen LogP contribution in [-0.2, 0) is 0 Å². The van der Waals surface area contributed by atoms with Gasteiger partial charge in [-0.15, -0.1) is 11.3 Å². The van der Waals surface area contributed by atoms with E-state index < -0.39 is 0 Å². The number of hydrogen-bond donors (Lipinski definition) is 1. The molecule has 1 aromatic heterocycles. The third kappa shape index (κ3) is 2.10. The number of benzene rings is 1. The van der Waals surface area contributed by atoms with Gasteiger partial charge >= 0.3 is 0 Å². The summed E-state index contributed by atoms with van der Waals surface area (Å²) in [7, 11) is 0. The smallest absolute Gasteiger partial charge is 0.142 e. The molecule has 78 valence electrons. The van der Waals surface area contributed by atoms with E-state index in [4.69, 9.17) is 10.5 Å². The van der Waals surface area contributed by atoms with E-state index in [1.54, 1.807) is 11.3 Å². The first-order chi connectivity index (χ1) is 7.31. The summed E-state index contributed by atoms with van der Waals surface area (Å²) in [5.74, 6) is 0.733. The summed E-state index contributed by atoms with van der Waals surface area (Å²) >= 11 is 1.57. The van der Waals surface area contributed by atoms with Crippen molar-refractivity contribution < 1.29 is 4.74 Å². The molecule has 0 spiro atoms. The average molecular weight is 220 g/mol. The van der Waals surface area contributed by atoms with Crippen LogP contribution in [0.3, 0.4) is 0 Å². The third-order valence-electron chi connectivity index (χ3n) is 2.04. The minimum atomic E-state index is 0.625. The van der Waals surface area contributed by atoms with Crippen LogP contribution in [-0.4, -0.2) is 11.6 Å². The van der Waals surface area contributed by atoms with Crippen molar-refractivity contribution in [1.29, 1.82) is 0 Å². The predicted molar refractivity (Wildman–Crippen MR) is 63.1 cm³/mol. The molecule has 0 atom stereocenters. The Hall–Kier alpha value is -1.55. The summed E-state index contributed by atoms with van der Waals surface area (Å²) in [5.41, 5.74) is 10.3. The molecule has 0 unspecified atom stereocenters. The lowest BCUT2D eigenvalue weighted by molar-refractivity contribution is 0.342. The lowest BCUT2D eigenvalue weighted by Crippen LogP contribution is -1.96. The largest absolute Gasteiger partial charge is 0.492 e. The molecule has 1 aromatic carbocycles. The molecule has 0 saturated heterocycles. The van der Waals surface area contributed by atoms with Crippen molar-refractivity contribution in [3.8, 4) is 17.0 Å². The van der Waals surface area contributed by atoms with Gasteiger partial charge in [-0.3, -0.25) is 0 Å². The van der Waals surface area contributed by atoms with Crippen LogP contribution in [0, 0.1) is 0 Å². The number of anilines is 1. The number of aromatic nitrogens is 1. The molecule has 2 rings (SSSR count). The molecule has 15 heavy (non-hydrogen) atoms. The minimum absolute atomic E-state index is 0.625. The fourth-order valence-electron chi connectivity index (χ4n) is 1.35. The van der Waals surface area contributed by atoms with Gasteiger partial charge in [-0.1, -0.05) is 0 Å². The summed E-state index contributed by atoms with van der Waals surface area (Å²) in [4.78, 5) is 4.23. The van der Waals surface area contributed by atoms with Crippen molar-refractivity contribution in [2.45, 2.75) is 6.92 Å². The lowest BCUT2D eigenvalue weighted by Gasteiger charge is -2.07. The van der Waals surface area contributed by atoms with Crippen LogP contribution in [0.2, 0.25) is 0 Å². The molecule has 0 saturated carbocycles. The Balaban J connectivity index is 2.33. The van der Waals surface area contributed by atoms with Gasteiger partial charge in [0.15, 0.2) is 0 Å². The monoisotopic (exact) mass is 220 g/mol. The highest BCUT2D eigenvalue weighted by Gasteiger charge is 2.04. The van der Waals surface area contributed by atoms with Crippen LogP contribution >= 0.6 is 11.3 Å². The number of nitrogen functional groups attached to an aromatic ring is 1. The van der Waals surface area contributed by atoms with Gasteiger partial charge in [-0.05, 0) is 25.1 Å². The Bertz CT molecular complexity index is 440. The lowest BCUT2D eigenvalue weighted by atomic mass is 10.1. The molecule has 2 N–H and O–H groups in total. The minimum Gasteiger partial charge on any atom is -0.492 e. The van der Waals surface area contributed by atoms with E-state index in [0.717, 1.165) is 17.0 Å². The first-order valence-corrected chi connectivity index (χ1v) is 5.66. The molecular formula is C11H12N2OS. The number of rotatable bonds is 3. The van der Waals surface area contributed by atoms with Crippen LogP contribution in [0.15, 0.2) is 29.1 Å². The number of nitrogens with two attached hydrogens (primary N) is 1. The maximum atomic E-state index is 5.86. The second kappa shape index (κ2) is 4.31. The van der Waals surface area contributed by atoms with E-state index in [-0.39, 0.29) is 0 Å². The Kier molecular flexibility index (Phi) is 2.87. The van der Waals surface area contributed by atoms with Gasteiger partial charge in [0.25, 0.3) is 0 Å². The van der Waals surface area contributed by atoms with Gasteiger partial charge in [0.2, 0.25) is 0 Å². The van der Waals surface area contributed by atoms with E-state index in [0.29, 0.717) is 12.3 Å². The maximum Gasteiger partial charge on any atom is 0.142 e. The van der Waals surface area contributed by atoms with Crippen LogP contribution in [0.4, 0.5) is 5.69 Å². The van der Waals surface area contributed by atoms with E-state index in [2.05, 4.69) is 4.98 Å². The zero-order valence-electron chi connectivity index (χ0n) is 8.43. The van der Waals surface area contributed by atoms with Crippen molar-refractivity contribution in [3.05, 3.63) is 29.1 Å². The number of hydrogen-bond acceptors (Lipinski definition) is 4. The number of nitrogens with zero attached hydrogens (tertiary/aromatic N) is 1. The first kappa shape index (κ1) is 9.98. The summed E-state index contributed by atoms with van der Waals surface area (Å²) in [6.07, 6.45) is 0. The number of ether oxygens (including phenoxy) is 1. The molecule has 1 heterocycles. The second-order valence-electron chi connectivity index (χ2n) is 3.06. The quantitative estimate of drug-likeness (QED) is 0.809. The summed E-state index contributed by atoms with van der Waals surface area (Å²) < 4.78 is 5.37. The molecule has 2 aromatic rings.